The van der Waals surface area contributed by atoms with E-state index in [1.165, 1.54) is 48.8 Å². The average molecular weight is 614 g/mol. The molecule has 2 heterocycles. The van der Waals surface area contributed by atoms with Gasteiger partial charge in [0, 0.05) is 60.8 Å². The highest BCUT2D eigenvalue weighted by Gasteiger charge is 2.36. The number of rotatable bonds is 10. The minimum absolute atomic E-state index is 0.138. The van der Waals surface area contributed by atoms with Crippen LogP contribution in [-0.2, 0) is 10.4 Å². The lowest BCUT2D eigenvalue weighted by molar-refractivity contribution is -0.124. The van der Waals surface area contributed by atoms with Crippen molar-refractivity contribution in [1.29, 1.82) is 0 Å². The molecule has 0 spiro atoms. The highest BCUT2D eigenvalue weighted by Crippen LogP contribution is 2.34. The fourth-order valence-corrected chi connectivity index (χ4v) is 5.24. The van der Waals surface area contributed by atoms with E-state index in [1.54, 1.807) is 36.4 Å². The summed E-state index contributed by atoms with van der Waals surface area (Å²) in [6.07, 6.45) is 10.8. The molecular formula is C33H45F2N5O2S. The second kappa shape index (κ2) is 16.4. The number of carbonyl (C=O) groups excluding carboxylic acids is 1. The van der Waals surface area contributed by atoms with E-state index in [-0.39, 0.29) is 23.6 Å². The van der Waals surface area contributed by atoms with Crippen LogP contribution in [0.1, 0.15) is 58.8 Å². The van der Waals surface area contributed by atoms with Gasteiger partial charge < -0.3 is 15.3 Å². The van der Waals surface area contributed by atoms with Crippen molar-refractivity contribution in [1.82, 2.24) is 19.8 Å². The van der Waals surface area contributed by atoms with Crippen molar-refractivity contribution in [2.45, 2.75) is 70.9 Å². The molecule has 1 saturated heterocycles. The second-order valence-corrected chi connectivity index (χ2v) is 11.1. The molecule has 234 valence electrons. The predicted octanol–water partition coefficient (Wildman–Crippen LogP) is 7.13. The Morgan fingerprint density at radius 1 is 1.21 bits per heavy atom. The number of halogens is 2. The molecule has 1 amide bonds. The number of allylic oxidation sites excluding steroid dienone is 3. The van der Waals surface area contributed by atoms with Gasteiger partial charge in [0.05, 0.1) is 5.60 Å². The first-order valence-corrected chi connectivity index (χ1v) is 15.6. The summed E-state index contributed by atoms with van der Waals surface area (Å²) in [7, 11) is 1.54. The Bertz CT molecular complexity index is 1350. The molecule has 0 aliphatic carbocycles. The molecule has 43 heavy (non-hydrogen) atoms. The van der Waals surface area contributed by atoms with E-state index in [1.807, 2.05) is 40.0 Å². The van der Waals surface area contributed by atoms with E-state index in [2.05, 4.69) is 21.9 Å². The molecule has 0 bridgehead atoms. The molecule has 1 atom stereocenters. The quantitative estimate of drug-likeness (QED) is 0.168. The normalized spacial score (nSPS) is 16.2. The summed E-state index contributed by atoms with van der Waals surface area (Å²) in [6, 6.07) is 4.46. The number of hydrogen-bond acceptors (Lipinski definition) is 7. The van der Waals surface area contributed by atoms with E-state index in [0.29, 0.717) is 37.3 Å². The molecule has 0 unspecified atom stereocenters. The monoisotopic (exact) mass is 613 g/mol. The van der Waals surface area contributed by atoms with Gasteiger partial charge in [0.1, 0.15) is 23.3 Å². The number of thioether (sulfide) groups is 1. The molecule has 7 nitrogen and oxygen atoms in total. The Hall–Kier alpha value is -3.50. The number of likely N-dealkylation sites (tertiary alicyclic amines) is 1. The van der Waals surface area contributed by atoms with Crippen molar-refractivity contribution in [2.75, 3.05) is 31.7 Å². The fourth-order valence-electron chi connectivity index (χ4n) is 4.67. The number of piperidine rings is 1. The van der Waals surface area contributed by atoms with E-state index < -0.39 is 11.4 Å². The average Bonchev–Trinajstić information content (AvgIpc) is 2.98. The van der Waals surface area contributed by atoms with Crippen LogP contribution in [0.15, 0.2) is 83.1 Å². The Balaban J connectivity index is 0.00000316. The first-order chi connectivity index (χ1) is 20.3. The maximum Gasteiger partial charge on any atom is 0.251 e. The molecule has 1 fully saturated rings. The fraction of sp³-hybridized carbons (Fsp3) is 0.424. The largest absolute Gasteiger partial charge is 0.385 e. The van der Waals surface area contributed by atoms with Crippen LogP contribution in [0.2, 0.25) is 0 Å². The summed E-state index contributed by atoms with van der Waals surface area (Å²) >= 11 is 1.45. The van der Waals surface area contributed by atoms with Crippen LogP contribution in [0.5, 0.6) is 0 Å². The first-order valence-electron chi connectivity index (χ1n) is 14.4. The van der Waals surface area contributed by atoms with Gasteiger partial charge in [-0.3, -0.25) is 9.69 Å². The van der Waals surface area contributed by atoms with Gasteiger partial charge in [0.2, 0.25) is 0 Å². The molecular weight excluding hydrogens is 568 g/mol. The second-order valence-electron chi connectivity index (χ2n) is 10.3. The van der Waals surface area contributed by atoms with E-state index in [9.17, 15) is 18.7 Å². The van der Waals surface area contributed by atoms with Crippen molar-refractivity contribution in [3.63, 3.8) is 0 Å². The van der Waals surface area contributed by atoms with Gasteiger partial charge >= 0.3 is 0 Å². The van der Waals surface area contributed by atoms with Crippen LogP contribution in [0.4, 0.5) is 14.5 Å². The SMILES string of the molecule is C=C(/C=C(C)\C=C\C(=O)N(C)/C(=C(\C)F)N1CCC(O)(c2cnc(C)nc2)CC1)[C@@H](C)Nc1ccc(F)cc1SC.CC. The van der Waals surface area contributed by atoms with Crippen LogP contribution in [0.25, 0.3) is 0 Å². The van der Waals surface area contributed by atoms with Crippen molar-refractivity contribution in [3.8, 4) is 0 Å². The third kappa shape index (κ3) is 9.76. The number of aromatic nitrogens is 2. The van der Waals surface area contributed by atoms with Crippen LogP contribution in [-0.4, -0.2) is 63.2 Å². The third-order valence-electron chi connectivity index (χ3n) is 7.16. The molecule has 2 aromatic rings. The van der Waals surface area contributed by atoms with Gasteiger partial charge in [-0.2, -0.15) is 0 Å². The molecule has 2 N–H and O–H groups in total. The zero-order chi connectivity index (χ0) is 32.3. The number of likely N-dealkylation sites (N-methyl/N-ethyl adjacent to an activating group) is 1. The van der Waals surface area contributed by atoms with Crippen molar-refractivity contribution in [3.05, 3.63) is 95.4 Å². The zero-order valence-electron chi connectivity index (χ0n) is 26.5. The van der Waals surface area contributed by atoms with E-state index >= 15 is 0 Å². The number of aliphatic hydroxyl groups is 1. The van der Waals surface area contributed by atoms with Gasteiger partial charge in [-0.25, -0.2) is 18.7 Å². The smallest absolute Gasteiger partial charge is 0.251 e. The number of nitrogens with zero attached hydrogens (tertiary/aromatic N) is 4. The maximum atomic E-state index is 14.7. The molecule has 10 heteroatoms. The number of benzene rings is 1. The van der Waals surface area contributed by atoms with Crippen LogP contribution < -0.4 is 5.32 Å². The minimum atomic E-state index is -1.11. The molecule has 0 radical (unpaired) electrons. The Kier molecular flexibility index (Phi) is 13.6. The Labute approximate surface area is 259 Å². The summed E-state index contributed by atoms with van der Waals surface area (Å²) in [5.41, 5.74) is 1.92. The molecule has 1 aromatic carbocycles. The Morgan fingerprint density at radius 2 is 1.81 bits per heavy atom. The van der Waals surface area contributed by atoms with Crippen molar-refractivity contribution >= 4 is 23.4 Å². The summed E-state index contributed by atoms with van der Waals surface area (Å²) < 4.78 is 28.3. The topological polar surface area (TPSA) is 81.6 Å². The lowest BCUT2D eigenvalue weighted by Gasteiger charge is -2.41. The van der Waals surface area contributed by atoms with Gasteiger partial charge in [0.15, 0.2) is 0 Å². The van der Waals surface area contributed by atoms with E-state index in [0.717, 1.165) is 21.7 Å². The maximum absolute atomic E-state index is 14.7. The number of amides is 1. The van der Waals surface area contributed by atoms with Gasteiger partial charge in [-0.05, 0) is 70.6 Å². The number of anilines is 1. The van der Waals surface area contributed by atoms with Gasteiger partial charge in [-0.1, -0.05) is 38.2 Å². The van der Waals surface area contributed by atoms with Gasteiger partial charge in [0.25, 0.3) is 5.91 Å². The standard InChI is InChI=1S/C31H39F2N5O2S.C2H6/c1-20(16-21(2)23(4)36-27-10-9-26(33)17-28(27)41-7)8-11-29(39)37(6)30(22(3)32)38-14-12-31(40,13-15-38)25-18-34-24(5)35-19-25;1-2/h8-11,16-19,23,36,40H,2,12-15H2,1,3-7H3;1-2H3/b11-8+,20-16-,30-22-;/t23-;/m1./s1. The highest BCUT2D eigenvalue weighted by atomic mass is 32.2. The number of nitrogens with one attached hydrogen (secondary N) is 1. The lowest BCUT2D eigenvalue weighted by Crippen LogP contribution is -2.46. The lowest BCUT2D eigenvalue weighted by atomic mass is 9.86. The van der Waals surface area contributed by atoms with Crippen LogP contribution in [0, 0.1) is 12.7 Å². The molecule has 1 aromatic heterocycles. The summed E-state index contributed by atoms with van der Waals surface area (Å²) in [6.45, 7) is 15.8. The number of carbonyl (C=O) groups is 1. The number of hydrogen-bond donors (Lipinski definition) is 2. The first kappa shape index (κ1) is 35.7. The minimum Gasteiger partial charge on any atom is -0.385 e. The molecule has 1 aliphatic heterocycles. The van der Waals surface area contributed by atoms with Gasteiger partial charge in [-0.15, -0.1) is 11.8 Å². The molecule has 1 aliphatic rings. The third-order valence-corrected chi connectivity index (χ3v) is 7.94. The van der Waals surface area contributed by atoms with Crippen LogP contribution in [0.3, 0.4) is 0 Å². The number of aryl methyl sites for hydroxylation is 1. The summed E-state index contributed by atoms with van der Waals surface area (Å²) in [5, 5.41) is 14.5. The zero-order valence-corrected chi connectivity index (χ0v) is 27.4. The summed E-state index contributed by atoms with van der Waals surface area (Å²) in [4.78, 5) is 25.3. The van der Waals surface area contributed by atoms with Crippen molar-refractivity contribution in [2.24, 2.45) is 0 Å². The molecule has 3 rings (SSSR count). The predicted molar refractivity (Wildman–Crippen MR) is 173 cm³/mol. The van der Waals surface area contributed by atoms with Crippen molar-refractivity contribution < 1.29 is 18.7 Å². The molecule has 0 saturated carbocycles. The summed E-state index contributed by atoms with van der Waals surface area (Å²) in [5.74, 6) is -0.359. The Morgan fingerprint density at radius 3 is 2.37 bits per heavy atom. The van der Waals surface area contributed by atoms with E-state index in [4.69, 9.17) is 0 Å². The van der Waals surface area contributed by atoms with Crippen LogP contribution >= 0.6 is 11.8 Å². The highest BCUT2D eigenvalue weighted by molar-refractivity contribution is 7.98.